The second-order valence-corrected chi connectivity index (χ2v) is 7.02. The number of aromatic nitrogens is 1. The van der Waals surface area contributed by atoms with Gasteiger partial charge in [0.25, 0.3) is 0 Å². The molecule has 0 aliphatic heterocycles. The Hall–Kier alpha value is -1.38. The molecule has 0 spiro atoms. The Labute approximate surface area is 120 Å². The summed E-state index contributed by atoms with van der Waals surface area (Å²) in [6.45, 7) is 6.96. The Kier molecular flexibility index (Phi) is 3.31. The molecule has 3 fully saturated rings. The van der Waals surface area contributed by atoms with E-state index < -0.39 is 0 Å². The van der Waals surface area contributed by atoms with Crippen LogP contribution in [0.3, 0.4) is 0 Å². The van der Waals surface area contributed by atoms with Crippen molar-refractivity contribution in [1.29, 1.82) is 0 Å². The van der Waals surface area contributed by atoms with Crippen molar-refractivity contribution in [3.05, 3.63) is 30.1 Å². The molecule has 3 heteroatoms. The number of carbonyl (C=O) groups is 1. The van der Waals surface area contributed by atoms with Crippen molar-refractivity contribution < 1.29 is 9.53 Å². The summed E-state index contributed by atoms with van der Waals surface area (Å²) in [7, 11) is 0. The third kappa shape index (κ3) is 2.23. The summed E-state index contributed by atoms with van der Waals surface area (Å²) in [6.07, 6.45) is 6.23. The highest BCUT2D eigenvalue weighted by molar-refractivity contribution is 5.72. The Bertz CT molecular complexity index is 497. The highest BCUT2D eigenvalue weighted by atomic mass is 16.5. The largest absolute Gasteiger partial charge is 0.462 e. The fourth-order valence-corrected chi connectivity index (χ4v) is 4.14. The zero-order chi connectivity index (χ0) is 14.3. The number of ether oxygens (including phenoxy) is 1. The monoisotopic (exact) mass is 273 g/mol. The van der Waals surface area contributed by atoms with Crippen LogP contribution in [-0.4, -0.2) is 17.1 Å². The quantitative estimate of drug-likeness (QED) is 0.794. The molecule has 4 atom stereocenters. The molecule has 1 aromatic rings. The number of fused-ring (bicyclic) bond motifs is 2. The maximum absolute atomic E-state index is 12.1. The molecule has 3 aliphatic carbocycles. The molecule has 108 valence electrons. The van der Waals surface area contributed by atoms with Crippen molar-refractivity contribution in [2.24, 2.45) is 23.2 Å². The van der Waals surface area contributed by atoms with E-state index in [0.29, 0.717) is 23.7 Å². The summed E-state index contributed by atoms with van der Waals surface area (Å²) in [5.74, 6) is 1.81. The molecule has 20 heavy (non-hydrogen) atoms. The molecule has 0 radical (unpaired) electrons. The molecule has 3 aliphatic rings. The van der Waals surface area contributed by atoms with E-state index in [1.807, 2.05) is 12.1 Å². The van der Waals surface area contributed by atoms with Gasteiger partial charge in [-0.3, -0.25) is 9.78 Å². The van der Waals surface area contributed by atoms with Crippen LogP contribution >= 0.6 is 0 Å². The first-order chi connectivity index (χ1) is 9.48. The summed E-state index contributed by atoms with van der Waals surface area (Å²) >= 11 is 0. The number of esters is 1. The predicted octanol–water partition coefficient (Wildman–Crippen LogP) is 3.24. The van der Waals surface area contributed by atoms with Crippen LogP contribution in [0.5, 0.6) is 0 Å². The molecule has 0 saturated heterocycles. The molecule has 0 amide bonds. The van der Waals surface area contributed by atoms with Crippen LogP contribution in [0.25, 0.3) is 0 Å². The molecule has 1 aromatic heterocycles. The summed E-state index contributed by atoms with van der Waals surface area (Å²) in [5.41, 5.74) is 1.41. The molecule has 3 saturated carbocycles. The van der Waals surface area contributed by atoms with Crippen molar-refractivity contribution in [2.75, 3.05) is 0 Å². The molecular formula is C17H23NO2. The van der Waals surface area contributed by atoms with Gasteiger partial charge in [-0.05, 0) is 53.7 Å². The second-order valence-electron chi connectivity index (χ2n) is 7.02. The lowest BCUT2D eigenvalue weighted by molar-refractivity contribution is -0.185. The highest BCUT2D eigenvalue weighted by Gasteiger charge is 2.57. The lowest BCUT2D eigenvalue weighted by Crippen LogP contribution is -2.57. The lowest BCUT2D eigenvalue weighted by Gasteiger charge is -2.61. The van der Waals surface area contributed by atoms with Gasteiger partial charge >= 0.3 is 5.97 Å². The van der Waals surface area contributed by atoms with E-state index in [4.69, 9.17) is 4.74 Å². The standard InChI is InChI=1S/C17H23NO2/c1-11-14-9-13(17(14,2)3)10-15(11)20-16(19)8-12-4-6-18-7-5-12/h4-7,11,13-15H,8-10H2,1-3H3/t11-,13+,14-,15-/m1/s1. The summed E-state index contributed by atoms with van der Waals surface area (Å²) < 4.78 is 5.74. The van der Waals surface area contributed by atoms with E-state index >= 15 is 0 Å². The Morgan fingerprint density at radius 3 is 2.65 bits per heavy atom. The van der Waals surface area contributed by atoms with E-state index in [0.717, 1.165) is 17.9 Å². The number of hydrogen-bond acceptors (Lipinski definition) is 3. The predicted molar refractivity (Wildman–Crippen MR) is 77.0 cm³/mol. The topological polar surface area (TPSA) is 39.2 Å². The third-order valence-corrected chi connectivity index (χ3v) is 5.66. The average Bonchev–Trinajstić information content (AvgIpc) is 2.41. The molecule has 0 N–H and O–H groups in total. The third-order valence-electron chi connectivity index (χ3n) is 5.66. The second kappa shape index (κ2) is 4.87. The van der Waals surface area contributed by atoms with Crippen LogP contribution in [0, 0.1) is 23.2 Å². The van der Waals surface area contributed by atoms with Gasteiger partial charge in [-0.2, -0.15) is 0 Å². The molecule has 4 rings (SSSR count). The summed E-state index contributed by atoms with van der Waals surface area (Å²) in [6, 6.07) is 3.73. The van der Waals surface area contributed by atoms with E-state index in [9.17, 15) is 4.79 Å². The normalized spacial score (nSPS) is 34.1. The van der Waals surface area contributed by atoms with Crippen molar-refractivity contribution in [1.82, 2.24) is 4.98 Å². The van der Waals surface area contributed by atoms with Crippen LogP contribution < -0.4 is 0 Å². The minimum Gasteiger partial charge on any atom is -0.462 e. The lowest BCUT2D eigenvalue weighted by atomic mass is 9.45. The van der Waals surface area contributed by atoms with Crippen LogP contribution in [0.1, 0.15) is 39.2 Å². The molecular weight excluding hydrogens is 250 g/mol. The highest BCUT2D eigenvalue weighted by Crippen LogP contribution is 2.61. The SMILES string of the molecule is C[C@@H]1[C@H]2C[C@@H](C[C@H]1OC(=O)Cc1ccncc1)C2(C)C. The van der Waals surface area contributed by atoms with Crippen molar-refractivity contribution >= 4 is 5.97 Å². The van der Waals surface area contributed by atoms with Gasteiger partial charge in [0, 0.05) is 12.4 Å². The van der Waals surface area contributed by atoms with Crippen molar-refractivity contribution in [2.45, 2.75) is 46.1 Å². The van der Waals surface area contributed by atoms with Crippen LogP contribution in [-0.2, 0) is 16.0 Å². The van der Waals surface area contributed by atoms with Gasteiger partial charge in [0.15, 0.2) is 0 Å². The van der Waals surface area contributed by atoms with Gasteiger partial charge in [0.05, 0.1) is 6.42 Å². The maximum atomic E-state index is 12.1. The average molecular weight is 273 g/mol. The minimum atomic E-state index is -0.104. The van der Waals surface area contributed by atoms with E-state index in [2.05, 4.69) is 25.8 Å². The molecule has 0 aromatic carbocycles. The van der Waals surface area contributed by atoms with E-state index in [1.54, 1.807) is 12.4 Å². The molecule has 0 unspecified atom stereocenters. The van der Waals surface area contributed by atoms with Crippen molar-refractivity contribution in [3.8, 4) is 0 Å². The smallest absolute Gasteiger partial charge is 0.310 e. The Morgan fingerprint density at radius 2 is 2.05 bits per heavy atom. The number of rotatable bonds is 3. The first kappa shape index (κ1) is 13.6. The number of carbonyl (C=O) groups excluding carboxylic acids is 1. The Morgan fingerprint density at radius 1 is 1.35 bits per heavy atom. The van der Waals surface area contributed by atoms with Crippen LogP contribution in [0.4, 0.5) is 0 Å². The summed E-state index contributed by atoms with van der Waals surface area (Å²) in [5, 5.41) is 0. The molecule has 3 nitrogen and oxygen atoms in total. The first-order valence-corrected chi connectivity index (χ1v) is 7.57. The summed E-state index contributed by atoms with van der Waals surface area (Å²) in [4.78, 5) is 16.0. The molecule has 2 bridgehead atoms. The van der Waals surface area contributed by atoms with E-state index in [-0.39, 0.29) is 12.1 Å². The van der Waals surface area contributed by atoms with Gasteiger partial charge in [0.2, 0.25) is 0 Å². The fraction of sp³-hybridized carbons (Fsp3) is 0.647. The number of pyridine rings is 1. The maximum Gasteiger partial charge on any atom is 0.310 e. The first-order valence-electron chi connectivity index (χ1n) is 7.57. The van der Waals surface area contributed by atoms with E-state index in [1.165, 1.54) is 6.42 Å². The van der Waals surface area contributed by atoms with Crippen molar-refractivity contribution in [3.63, 3.8) is 0 Å². The van der Waals surface area contributed by atoms with Gasteiger partial charge in [0.1, 0.15) is 6.10 Å². The zero-order valence-electron chi connectivity index (χ0n) is 12.5. The zero-order valence-corrected chi connectivity index (χ0v) is 12.5. The minimum absolute atomic E-state index is 0.104. The number of nitrogens with zero attached hydrogens (tertiary/aromatic N) is 1. The van der Waals surface area contributed by atoms with Crippen LogP contribution in [0.15, 0.2) is 24.5 Å². The van der Waals surface area contributed by atoms with Gasteiger partial charge in [-0.25, -0.2) is 0 Å². The van der Waals surface area contributed by atoms with Crippen LogP contribution in [0.2, 0.25) is 0 Å². The fourth-order valence-electron chi connectivity index (χ4n) is 4.14. The molecule has 1 heterocycles. The van der Waals surface area contributed by atoms with Gasteiger partial charge < -0.3 is 4.74 Å². The number of hydrogen-bond donors (Lipinski definition) is 0. The Balaban J connectivity index is 1.58. The van der Waals surface area contributed by atoms with Gasteiger partial charge in [-0.15, -0.1) is 0 Å². The van der Waals surface area contributed by atoms with Gasteiger partial charge in [-0.1, -0.05) is 20.8 Å².